The number of rotatable bonds is 2. The fourth-order valence-corrected chi connectivity index (χ4v) is 1.68. The number of para-hydroxylation sites is 1. The summed E-state index contributed by atoms with van der Waals surface area (Å²) in [5, 5.41) is 12.2. The zero-order valence-electron chi connectivity index (χ0n) is 8.84. The number of hydrogen-bond donors (Lipinski definition) is 2. The van der Waals surface area contributed by atoms with E-state index in [0.717, 1.165) is 0 Å². The van der Waals surface area contributed by atoms with Crippen LogP contribution >= 0.6 is 0 Å². The molecule has 2 heterocycles. The van der Waals surface area contributed by atoms with Gasteiger partial charge in [-0.05, 0) is 12.1 Å². The zero-order valence-corrected chi connectivity index (χ0v) is 8.84. The highest BCUT2D eigenvalue weighted by Gasteiger charge is 2.15. The van der Waals surface area contributed by atoms with Gasteiger partial charge < -0.3 is 14.0 Å². The van der Waals surface area contributed by atoms with Gasteiger partial charge >= 0.3 is 11.7 Å². The van der Waals surface area contributed by atoms with E-state index in [9.17, 15) is 9.59 Å². The number of nitrogens with one attached hydrogen (secondary N) is 1. The molecule has 2 aromatic heterocycles. The van der Waals surface area contributed by atoms with Gasteiger partial charge in [0.05, 0.1) is 5.52 Å². The summed E-state index contributed by atoms with van der Waals surface area (Å²) < 4.78 is 9.83. The second-order valence-corrected chi connectivity index (χ2v) is 3.57. The second-order valence-electron chi connectivity index (χ2n) is 3.57. The molecule has 0 radical (unpaired) electrons. The van der Waals surface area contributed by atoms with Crippen molar-refractivity contribution in [2.45, 2.75) is 0 Å². The third-order valence-electron chi connectivity index (χ3n) is 2.45. The summed E-state index contributed by atoms with van der Waals surface area (Å²) in [4.78, 5) is 24.3. The van der Waals surface area contributed by atoms with Gasteiger partial charge in [0.25, 0.3) is 0 Å². The van der Waals surface area contributed by atoms with Gasteiger partial charge in [-0.3, -0.25) is 4.98 Å². The summed E-state index contributed by atoms with van der Waals surface area (Å²) in [6, 6.07) is 6.23. The molecule has 0 spiro atoms. The van der Waals surface area contributed by atoms with Gasteiger partial charge in [0.2, 0.25) is 0 Å². The Hall–Kier alpha value is -2.83. The number of aromatic carboxylic acids is 1. The van der Waals surface area contributed by atoms with Crippen molar-refractivity contribution in [1.82, 2.24) is 10.1 Å². The summed E-state index contributed by atoms with van der Waals surface area (Å²) in [5.41, 5.74) is 1.12. The van der Waals surface area contributed by atoms with E-state index in [0.29, 0.717) is 16.7 Å². The van der Waals surface area contributed by atoms with Gasteiger partial charge in [-0.15, -0.1) is 0 Å². The van der Waals surface area contributed by atoms with E-state index in [1.807, 2.05) is 0 Å². The van der Waals surface area contributed by atoms with Crippen molar-refractivity contribution in [3.05, 3.63) is 40.5 Å². The summed E-state index contributed by atoms with van der Waals surface area (Å²) in [5.74, 6) is -1.52. The van der Waals surface area contributed by atoms with Crippen LogP contribution in [0.15, 0.2) is 38.0 Å². The highest BCUT2D eigenvalue weighted by molar-refractivity contribution is 5.91. The molecule has 90 valence electrons. The van der Waals surface area contributed by atoms with Crippen molar-refractivity contribution in [2.24, 2.45) is 0 Å². The number of carboxylic acids is 1. The average molecular weight is 246 g/mol. The predicted molar refractivity (Wildman–Crippen MR) is 59.3 cm³/mol. The highest BCUT2D eigenvalue weighted by Crippen LogP contribution is 2.27. The van der Waals surface area contributed by atoms with Crippen LogP contribution in [0.3, 0.4) is 0 Å². The molecular formula is C11H6N2O5. The molecule has 0 saturated heterocycles. The lowest BCUT2D eigenvalue weighted by atomic mass is 10.1. The van der Waals surface area contributed by atoms with Crippen LogP contribution in [-0.2, 0) is 0 Å². The number of H-pyrrole nitrogens is 1. The number of benzene rings is 1. The Bertz CT molecular complexity index is 795. The van der Waals surface area contributed by atoms with Crippen LogP contribution in [0.25, 0.3) is 22.4 Å². The molecule has 0 aliphatic carbocycles. The van der Waals surface area contributed by atoms with Crippen molar-refractivity contribution in [3.8, 4) is 11.3 Å². The first kappa shape index (κ1) is 10.3. The number of hydrogen-bond acceptors (Lipinski definition) is 5. The first-order valence-electron chi connectivity index (χ1n) is 4.97. The number of oxazole rings is 1. The molecule has 0 fully saturated rings. The molecule has 0 amide bonds. The van der Waals surface area contributed by atoms with E-state index in [1.54, 1.807) is 18.2 Å². The topological polar surface area (TPSA) is 109 Å². The lowest BCUT2D eigenvalue weighted by Crippen LogP contribution is -1.94. The molecule has 3 rings (SSSR count). The Kier molecular flexibility index (Phi) is 2.06. The van der Waals surface area contributed by atoms with Gasteiger partial charge in [0.1, 0.15) is 0 Å². The molecule has 0 unspecified atom stereocenters. The van der Waals surface area contributed by atoms with E-state index in [4.69, 9.17) is 14.0 Å². The van der Waals surface area contributed by atoms with Crippen LogP contribution in [0.5, 0.6) is 0 Å². The molecule has 0 saturated carbocycles. The van der Waals surface area contributed by atoms with E-state index < -0.39 is 11.7 Å². The van der Waals surface area contributed by atoms with E-state index in [2.05, 4.69) is 10.1 Å². The third kappa shape index (κ3) is 1.49. The summed E-state index contributed by atoms with van der Waals surface area (Å²) >= 11 is 0. The van der Waals surface area contributed by atoms with Gasteiger partial charge in [0.15, 0.2) is 17.0 Å². The number of carbonyl (C=O) groups is 1. The number of nitrogens with zero attached hydrogens (tertiary/aromatic N) is 1. The molecule has 0 aliphatic heterocycles. The number of carboxylic acid groups (broad SMARTS) is 1. The molecule has 0 atom stereocenters. The van der Waals surface area contributed by atoms with Crippen LogP contribution in [-0.4, -0.2) is 21.2 Å². The van der Waals surface area contributed by atoms with E-state index in [1.165, 1.54) is 6.07 Å². The maximum Gasteiger partial charge on any atom is 0.417 e. The molecule has 0 aliphatic rings. The normalized spacial score (nSPS) is 10.9. The van der Waals surface area contributed by atoms with E-state index >= 15 is 0 Å². The maximum atomic E-state index is 11.1. The third-order valence-corrected chi connectivity index (χ3v) is 2.45. The number of fused-ring (bicyclic) bond motifs is 1. The Morgan fingerprint density at radius 1 is 1.39 bits per heavy atom. The van der Waals surface area contributed by atoms with E-state index in [-0.39, 0.29) is 11.5 Å². The largest absolute Gasteiger partial charge is 0.476 e. The lowest BCUT2D eigenvalue weighted by Gasteiger charge is -1.95. The minimum absolute atomic E-state index is 0.201. The molecule has 18 heavy (non-hydrogen) atoms. The Morgan fingerprint density at radius 3 is 2.94 bits per heavy atom. The monoisotopic (exact) mass is 246 g/mol. The molecule has 0 bridgehead atoms. The van der Waals surface area contributed by atoms with Crippen LogP contribution in [0.4, 0.5) is 0 Å². The minimum Gasteiger partial charge on any atom is -0.476 e. The Balaban J connectivity index is 2.24. The summed E-state index contributed by atoms with van der Waals surface area (Å²) in [7, 11) is 0. The van der Waals surface area contributed by atoms with Crippen LogP contribution in [0.2, 0.25) is 0 Å². The van der Waals surface area contributed by atoms with Gasteiger partial charge in [-0.25, -0.2) is 9.59 Å². The summed E-state index contributed by atoms with van der Waals surface area (Å²) in [6.45, 7) is 0. The molecule has 7 nitrogen and oxygen atoms in total. The minimum atomic E-state index is -1.18. The van der Waals surface area contributed by atoms with Crippen molar-refractivity contribution < 1.29 is 18.8 Å². The lowest BCUT2D eigenvalue weighted by molar-refractivity contribution is 0.0686. The molecular weight excluding hydrogens is 240 g/mol. The molecule has 3 aromatic rings. The van der Waals surface area contributed by atoms with Gasteiger partial charge in [-0.1, -0.05) is 11.2 Å². The quantitative estimate of drug-likeness (QED) is 0.708. The predicted octanol–water partition coefficient (Wildman–Crippen LogP) is 1.47. The van der Waals surface area contributed by atoms with Crippen LogP contribution in [0, 0.1) is 0 Å². The average Bonchev–Trinajstić information content (AvgIpc) is 2.92. The highest BCUT2D eigenvalue weighted by atomic mass is 16.5. The molecule has 2 N–H and O–H groups in total. The molecule has 1 aromatic carbocycles. The first-order chi connectivity index (χ1) is 8.65. The fourth-order valence-electron chi connectivity index (χ4n) is 1.68. The number of aromatic amines is 1. The van der Waals surface area contributed by atoms with Crippen LogP contribution < -0.4 is 5.76 Å². The zero-order chi connectivity index (χ0) is 12.7. The maximum absolute atomic E-state index is 11.1. The first-order valence-corrected chi connectivity index (χ1v) is 4.97. The number of aromatic nitrogens is 2. The van der Waals surface area contributed by atoms with Gasteiger partial charge in [-0.2, -0.15) is 0 Å². The Morgan fingerprint density at radius 2 is 2.22 bits per heavy atom. The Labute approximate surface area is 98.6 Å². The van der Waals surface area contributed by atoms with Crippen molar-refractivity contribution in [1.29, 1.82) is 0 Å². The fraction of sp³-hybridized carbons (Fsp3) is 0. The second kappa shape index (κ2) is 3.59. The van der Waals surface area contributed by atoms with Gasteiger partial charge in [0, 0.05) is 11.6 Å². The summed E-state index contributed by atoms with van der Waals surface area (Å²) in [6.07, 6.45) is 0. The van der Waals surface area contributed by atoms with Crippen molar-refractivity contribution in [3.63, 3.8) is 0 Å². The van der Waals surface area contributed by atoms with Crippen molar-refractivity contribution in [2.75, 3.05) is 0 Å². The van der Waals surface area contributed by atoms with Crippen molar-refractivity contribution >= 4 is 17.1 Å². The smallest absolute Gasteiger partial charge is 0.417 e. The molecule has 7 heteroatoms. The SMILES string of the molecule is O=C(O)c1cc(-c2cccc3oc(=O)[nH]c23)on1. The van der Waals surface area contributed by atoms with Crippen LogP contribution in [0.1, 0.15) is 10.5 Å². The standard InChI is InChI=1S/C11H6N2O5/c14-10(15)6-4-8(18-13-6)5-2-1-3-7-9(5)12-11(16)17-7/h1-4H,(H,12,16)(H,14,15).